The summed E-state index contributed by atoms with van der Waals surface area (Å²) >= 11 is 0. The highest BCUT2D eigenvalue weighted by molar-refractivity contribution is 7.92. The highest BCUT2D eigenvalue weighted by Crippen LogP contribution is 2.21. The highest BCUT2D eigenvalue weighted by atomic mass is 32.2. The standard InChI is InChI=1S/C19H23N3O4S/c1-14-13-20-10-11-22(14)19(23)15-4-3-5-18(12-15)27(24,25)21-16-6-8-17(26-2)9-7-16/h3-9,12,14,20-21H,10-11,13H2,1-2H3/t14-/m1/s1. The molecule has 3 rings (SSSR count). The molecule has 2 aromatic rings. The predicted octanol–water partition coefficient (Wildman–Crippen LogP) is 1.93. The molecule has 7 nitrogen and oxygen atoms in total. The molecule has 1 amide bonds. The van der Waals surface area contributed by atoms with Gasteiger partial charge < -0.3 is 15.0 Å². The largest absolute Gasteiger partial charge is 0.497 e. The van der Waals surface area contributed by atoms with Gasteiger partial charge in [-0.15, -0.1) is 0 Å². The SMILES string of the molecule is COc1ccc(NS(=O)(=O)c2cccc(C(=O)N3CCNC[C@H]3C)c2)cc1. The number of piperazine rings is 1. The van der Waals surface area contributed by atoms with Gasteiger partial charge in [0.2, 0.25) is 0 Å². The molecule has 1 saturated heterocycles. The van der Waals surface area contributed by atoms with Gasteiger partial charge in [-0.3, -0.25) is 9.52 Å². The zero-order valence-electron chi connectivity index (χ0n) is 15.3. The maximum Gasteiger partial charge on any atom is 0.261 e. The molecule has 0 saturated carbocycles. The first-order chi connectivity index (χ1) is 12.9. The van der Waals surface area contributed by atoms with E-state index >= 15 is 0 Å². The van der Waals surface area contributed by atoms with E-state index in [1.54, 1.807) is 48.4 Å². The van der Waals surface area contributed by atoms with E-state index in [0.717, 1.165) is 13.1 Å². The lowest BCUT2D eigenvalue weighted by molar-refractivity contribution is 0.0655. The lowest BCUT2D eigenvalue weighted by Gasteiger charge is -2.34. The summed E-state index contributed by atoms with van der Waals surface area (Å²) in [6.07, 6.45) is 0. The number of nitrogens with zero attached hydrogens (tertiary/aromatic N) is 1. The summed E-state index contributed by atoms with van der Waals surface area (Å²) < 4.78 is 33.0. The maximum atomic E-state index is 12.8. The summed E-state index contributed by atoms with van der Waals surface area (Å²) in [5.74, 6) is 0.473. The van der Waals surface area contributed by atoms with Crippen molar-refractivity contribution in [2.24, 2.45) is 0 Å². The van der Waals surface area contributed by atoms with Crippen LogP contribution in [-0.2, 0) is 10.0 Å². The van der Waals surface area contributed by atoms with Crippen LogP contribution in [0.5, 0.6) is 5.75 Å². The molecule has 1 aliphatic heterocycles. The molecule has 1 atom stereocenters. The smallest absolute Gasteiger partial charge is 0.261 e. The van der Waals surface area contributed by atoms with Crippen LogP contribution in [0.25, 0.3) is 0 Å². The van der Waals surface area contributed by atoms with Crippen LogP contribution in [0.15, 0.2) is 53.4 Å². The molecule has 0 aliphatic carbocycles. The van der Waals surface area contributed by atoms with Gasteiger partial charge in [-0.05, 0) is 49.4 Å². The van der Waals surface area contributed by atoms with Crippen molar-refractivity contribution < 1.29 is 17.9 Å². The fourth-order valence-electron chi connectivity index (χ4n) is 2.98. The van der Waals surface area contributed by atoms with Crippen molar-refractivity contribution in [1.29, 1.82) is 0 Å². The Morgan fingerprint density at radius 3 is 2.63 bits per heavy atom. The summed E-state index contributed by atoms with van der Waals surface area (Å²) in [6.45, 7) is 4.02. The average Bonchev–Trinajstić information content (AvgIpc) is 2.68. The Hall–Kier alpha value is -2.58. The minimum absolute atomic E-state index is 0.0481. The van der Waals surface area contributed by atoms with Crippen molar-refractivity contribution in [3.05, 3.63) is 54.1 Å². The van der Waals surface area contributed by atoms with Crippen molar-refractivity contribution in [2.45, 2.75) is 17.9 Å². The van der Waals surface area contributed by atoms with Crippen LogP contribution in [0.1, 0.15) is 17.3 Å². The Bertz CT molecular complexity index is 913. The number of carbonyl (C=O) groups is 1. The third-order valence-electron chi connectivity index (χ3n) is 4.50. The number of carbonyl (C=O) groups excluding carboxylic acids is 1. The molecule has 0 bridgehead atoms. The molecule has 1 fully saturated rings. The number of sulfonamides is 1. The van der Waals surface area contributed by atoms with E-state index in [9.17, 15) is 13.2 Å². The zero-order chi connectivity index (χ0) is 19.4. The molecule has 2 aromatic carbocycles. The Balaban J connectivity index is 1.81. The van der Waals surface area contributed by atoms with Crippen molar-refractivity contribution in [2.75, 3.05) is 31.5 Å². The first-order valence-corrected chi connectivity index (χ1v) is 10.2. The summed E-state index contributed by atoms with van der Waals surface area (Å²) in [6, 6.07) is 12.8. The maximum absolute atomic E-state index is 12.8. The molecule has 0 spiro atoms. The number of ether oxygens (including phenoxy) is 1. The topological polar surface area (TPSA) is 87.7 Å². The number of rotatable bonds is 5. The van der Waals surface area contributed by atoms with Gasteiger partial charge in [0.1, 0.15) is 5.75 Å². The minimum atomic E-state index is -3.81. The van der Waals surface area contributed by atoms with Gasteiger partial charge in [-0.1, -0.05) is 6.07 Å². The van der Waals surface area contributed by atoms with Gasteiger partial charge in [0.05, 0.1) is 12.0 Å². The molecule has 0 radical (unpaired) electrons. The fourth-order valence-corrected chi connectivity index (χ4v) is 4.08. The molecule has 8 heteroatoms. The van der Waals surface area contributed by atoms with Crippen LogP contribution < -0.4 is 14.8 Å². The molecular formula is C19H23N3O4S. The van der Waals surface area contributed by atoms with Crippen LogP contribution in [0.2, 0.25) is 0 Å². The summed E-state index contributed by atoms with van der Waals surface area (Å²) in [5, 5.41) is 3.23. The molecule has 2 N–H and O–H groups in total. The van der Waals surface area contributed by atoms with Crippen molar-refractivity contribution in [3.8, 4) is 5.75 Å². The third-order valence-corrected chi connectivity index (χ3v) is 5.87. The lowest BCUT2D eigenvalue weighted by atomic mass is 10.1. The van der Waals surface area contributed by atoms with E-state index in [1.807, 2.05) is 6.92 Å². The van der Waals surface area contributed by atoms with E-state index < -0.39 is 10.0 Å². The van der Waals surface area contributed by atoms with Crippen molar-refractivity contribution in [3.63, 3.8) is 0 Å². The zero-order valence-corrected chi connectivity index (χ0v) is 16.1. The van der Waals surface area contributed by atoms with Gasteiger partial charge in [-0.25, -0.2) is 8.42 Å². The van der Waals surface area contributed by atoms with E-state index in [0.29, 0.717) is 23.5 Å². The third kappa shape index (κ3) is 4.40. The van der Waals surface area contributed by atoms with Gasteiger partial charge >= 0.3 is 0 Å². The molecular weight excluding hydrogens is 366 g/mol. The number of benzene rings is 2. The number of nitrogens with one attached hydrogen (secondary N) is 2. The molecule has 1 aliphatic rings. The molecule has 0 unspecified atom stereocenters. The van der Waals surface area contributed by atoms with Gasteiger partial charge in [0.25, 0.3) is 15.9 Å². The number of hydrogen-bond acceptors (Lipinski definition) is 5. The van der Waals surface area contributed by atoms with Crippen molar-refractivity contribution >= 4 is 21.6 Å². The van der Waals surface area contributed by atoms with E-state index in [-0.39, 0.29) is 16.8 Å². The normalized spacial score (nSPS) is 17.4. The monoisotopic (exact) mass is 389 g/mol. The van der Waals surface area contributed by atoms with Gasteiger partial charge in [0, 0.05) is 36.9 Å². The van der Waals surface area contributed by atoms with Crippen LogP contribution >= 0.6 is 0 Å². The minimum Gasteiger partial charge on any atom is -0.497 e. The Morgan fingerprint density at radius 2 is 1.96 bits per heavy atom. The van der Waals surface area contributed by atoms with Crippen LogP contribution in [0.3, 0.4) is 0 Å². The van der Waals surface area contributed by atoms with Gasteiger partial charge in [0.15, 0.2) is 0 Å². The van der Waals surface area contributed by atoms with Crippen molar-refractivity contribution in [1.82, 2.24) is 10.2 Å². The van der Waals surface area contributed by atoms with Crippen LogP contribution in [-0.4, -0.2) is 52.0 Å². The summed E-state index contributed by atoms with van der Waals surface area (Å²) in [5.41, 5.74) is 0.782. The van der Waals surface area contributed by atoms with E-state index in [4.69, 9.17) is 4.74 Å². The van der Waals surface area contributed by atoms with Gasteiger partial charge in [-0.2, -0.15) is 0 Å². The number of amides is 1. The molecule has 0 aromatic heterocycles. The summed E-state index contributed by atoms with van der Waals surface area (Å²) in [7, 11) is -2.26. The average molecular weight is 389 g/mol. The first kappa shape index (κ1) is 19.2. The predicted molar refractivity (Wildman–Crippen MR) is 104 cm³/mol. The van der Waals surface area contributed by atoms with E-state index in [1.165, 1.54) is 12.1 Å². The van der Waals surface area contributed by atoms with Crippen LogP contribution in [0.4, 0.5) is 5.69 Å². The summed E-state index contributed by atoms with van der Waals surface area (Å²) in [4.78, 5) is 14.6. The molecule has 27 heavy (non-hydrogen) atoms. The highest BCUT2D eigenvalue weighted by Gasteiger charge is 2.25. The molecule has 144 valence electrons. The Labute approximate surface area is 159 Å². The lowest BCUT2D eigenvalue weighted by Crippen LogP contribution is -2.52. The molecule has 1 heterocycles. The fraction of sp³-hybridized carbons (Fsp3) is 0.316. The Morgan fingerprint density at radius 1 is 1.22 bits per heavy atom. The number of methoxy groups -OCH3 is 1. The second kappa shape index (κ2) is 7.98. The number of hydrogen-bond donors (Lipinski definition) is 2. The number of anilines is 1. The van der Waals surface area contributed by atoms with Crippen LogP contribution in [0, 0.1) is 0 Å². The Kier molecular flexibility index (Phi) is 5.67. The second-order valence-electron chi connectivity index (χ2n) is 6.41. The second-order valence-corrected chi connectivity index (χ2v) is 8.10. The van der Waals surface area contributed by atoms with E-state index in [2.05, 4.69) is 10.0 Å². The quantitative estimate of drug-likeness (QED) is 0.816. The first-order valence-electron chi connectivity index (χ1n) is 8.69.